The lowest BCUT2D eigenvalue weighted by molar-refractivity contribution is 1.53. The Hall–Kier alpha value is -7.36. The summed E-state index contributed by atoms with van der Waals surface area (Å²) >= 11 is 3.75. The van der Waals surface area contributed by atoms with E-state index in [0.717, 1.165) is 0 Å². The van der Waals surface area contributed by atoms with Crippen LogP contribution in [0.25, 0.3) is 139 Å². The van der Waals surface area contributed by atoms with E-state index in [2.05, 4.69) is 206 Å². The number of hydrogen-bond acceptors (Lipinski definition) is 2. The zero-order valence-corrected chi connectivity index (χ0v) is 35.1. The van der Waals surface area contributed by atoms with Gasteiger partial charge >= 0.3 is 0 Å². The molecule has 62 heavy (non-hydrogen) atoms. The Balaban J connectivity index is 1.08. The molecule has 0 unspecified atom stereocenters. The first-order valence-electron chi connectivity index (χ1n) is 21.3. The lowest BCUT2D eigenvalue weighted by Crippen LogP contribution is -1.99. The van der Waals surface area contributed by atoms with Crippen molar-refractivity contribution >= 4 is 95.3 Å². The molecule has 0 N–H and O–H groups in total. The van der Waals surface area contributed by atoms with Crippen molar-refractivity contribution in [1.82, 2.24) is 0 Å². The molecule has 0 saturated carbocycles. The van der Waals surface area contributed by atoms with Crippen molar-refractivity contribution in [2.24, 2.45) is 0 Å². The highest BCUT2D eigenvalue weighted by Crippen LogP contribution is 2.52. The van der Waals surface area contributed by atoms with Gasteiger partial charge < -0.3 is 0 Å². The van der Waals surface area contributed by atoms with Gasteiger partial charge in [0.05, 0.1) is 0 Å². The molecule has 0 radical (unpaired) electrons. The van der Waals surface area contributed by atoms with E-state index in [-0.39, 0.29) is 0 Å². The second kappa shape index (κ2) is 13.1. The molecule has 1 aliphatic rings. The predicted molar refractivity (Wildman–Crippen MR) is 271 cm³/mol. The first kappa shape index (κ1) is 34.4. The third kappa shape index (κ3) is 4.99. The van der Waals surface area contributed by atoms with Crippen molar-refractivity contribution in [3.63, 3.8) is 0 Å². The monoisotopic (exact) mass is 818 g/mol. The summed E-state index contributed by atoms with van der Waals surface area (Å²) in [6.07, 6.45) is 0. The summed E-state index contributed by atoms with van der Waals surface area (Å²) in [7, 11) is 0. The molecule has 0 aliphatic heterocycles. The first-order valence-corrected chi connectivity index (χ1v) is 22.9. The Bertz CT molecular complexity index is 4050. The molecule has 14 rings (SSSR count). The average molecular weight is 819 g/mol. The van der Waals surface area contributed by atoms with Crippen LogP contribution in [0.3, 0.4) is 0 Å². The van der Waals surface area contributed by atoms with E-state index in [1.54, 1.807) is 0 Å². The fourth-order valence-corrected chi connectivity index (χ4v) is 12.7. The predicted octanol–water partition coefficient (Wildman–Crippen LogP) is 18.2. The van der Waals surface area contributed by atoms with Crippen LogP contribution in [0, 0.1) is 0 Å². The van der Waals surface area contributed by atoms with E-state index in [4.69, 9.17) is 0 Å². The molecule has 286 valence electrons. The van der Waals surface area contributed by atoms with Gasteiger partial charge in [-0.05, 0) is 160 Å². The van der Waals surface area contributed by atoms with Gasteiger partial charge in [-0.25, -0.2) is 0 Å². The highest BCUT2D eigenvalue weighted by Gasteiger charge is 2.25. The zero-order valence-electron chi connectivity index (χ0n) is 33.4. The highest BCUT2D eigenvalue weighted by molar-refractivity contribution is 7.26. The molecule has 0 amide bonds. The van der Waals surface area contributed by atoms with Gasteiger partial charge in [-0.3, -0.25) is 0 Å². The van der Waals surface area contributed by atoms with Crippen molar-refractivity contribution in [2.45, 2.75) is 0 Å². The topological polar surface area (TPSA) is 0 Å². The van der Waals surface area contributed by atoms with E-state index < -0.39 is 0 Å². The third-order valence-electron chi connectivity index (χ3n) is 13.4. The normalized spacial score (nSPS) is 12.2. The summed E-state index contributed by atoms with van der Waals surface area (Å²) in [5.41, 5.74) is 14.9. The molecule has 0 nitrogen and oxygen atoms in total. The van der Waals surface area contributed by atoms with E-state index in [1.165, 1.54) is 139 Å². The fourth-order valence-electron chi connectivity index (χ4n) is 10.5. The van der Waals surface area contributed by atoms with E-state index >= 15 is 0 Å². The Morgan fingerprint density at radius 2 is 0.484 bits per heavy atom. The number of thiophene rings is 2. The van der Waals surface area contributed by atoms with Crippen LogP contribution in [0.5, 0.6) is 0 Å². The molecule has 2 heterocycles. The van der Waals surface area contributed by atoms with Crippen molar-refractivity contribution in [2.75, 3.05) is 0 Å². The largest absolute Gasteiger partial charge is 0.135 e. The molecule has 2 aromatic heterocycles. The Morgan fingerprint density at radius 1 is 0.177 bits per heavy atom. The molecule has 0 spiro atoms. The average Bonchev–Trinajstić information content (AvgIpc) is 3.91. The third-order valence-corrected chi connectivity index (χ3v) is 15.7. The molecule has 2 heteroatoms. The Labute approximate surface area is 366 Å². The lowest BCUT2D eigenvalue weighted by atomic mass is 9.78. The molecule has 0 bridgehead atoms. The summed E-state index contributed by atoms with van der Waals surface area (Å²) < 4.78 is 5.31. The molecular formula is C60H34S2. The number of rotatable bonds is 2. The second-order valence-corrected chi connectivity index (χ2v) is 18.9. The lowest BCUT2D eigenvalue weighted by Gasteiger charge is -2.25. The van der Waals surface area contributed by atoms with Crippen molar-refractivity contribution in [3.05, 3.63) is 206 Å². The highest BCUT2D eigenvalue weighted by atomic mass is 32.1. The maximum atomic E-state index is 2.50. The van der Waals surface area contributed by atoms with Crippen LogP contribution in [0.4, 0.5) is 0 Å². The van der Waals surface area contributed by atoms with Gasteiger partial charge in [0.15, 0.2) is 0 Å². The summed E-state index contributed by atoms with van der Waals surface area (Å²) in [4.78, 5) is 0. The molecular weight excluding hydrogens is 785 g/mol. The molecule has 11 aromatic carbocycles. The summed E-state index contributed by atoms with van der Waals surface area (Å²) in [6.45, 7) is 0. The van der Waals surface area contributed by atoms with E-state index in [1.807, 2.05) is 22.7 Å². The molecule has 13 aromatic rings. The molecule has 0 saturated heterocycles. The smallest absolute Gasteiger partial charge is 0.0355 e. The first-order chi connectivity index (χ1) is 30.7. The zero-order chi connectivity index (χ0) is 40.5. The molecule has 1 aliphatic carbocycles. The minimum Gasteiger partial charge on any atom is -0.135 e. The van der Waals surface area contributed by atoms with Crippen LogP contribution >= 0.6 is 22.7 Å². The van der Waals surface area contributed by atoms with Crippen LogP contribution in [0.1, 0.15) is 0 Å². The number of benzene rings is 11. The SMILES string of the molecule is c1ccc2c(c1)-c1ccc(-c3ccc4sc5ccccc5c4c3)cc1-c1cc(-c3ccc4sc5ccccc5c4c3)ccc1-c1cc3c4ccccc4c4ccccc4c3cc1-2. The quantitative estimate of drug-likeness (QED) is 0.152. The second-order valence-electron chi connectivity index (χ2n) is 16.7. The Morgan fingerprint density at radius 3 is 0.968 bits per heavy atom. The number of fused-ring (bicyclic) bond motifs is 20. The minimum atomic E-state index is 1.22. The van der Waals surface area contributed by atoms with Crippen LogP contribution in [-0.4, -0.2) is 0 Å². The van der Waals surface area contributed by atoms with Gasteiger partial charge in [-0.15, -0.1) is 22.7 Å². The maximum Gasteiger partial charge on any atom is 0.0355 e. The van der Waals surface area contributed by atoms with Gasteiger partial charge in [0.2, 0.25) is 0 Å². The molecule has 0 atom stereocenters. The summed E-state index contributed by atoms with van der Waals surface area (Å²) in [6, 6.07) is 78.0. The van der Waals surface area contributed by atoms with Gasteiger partial charge in [0.1, 0.15) is 0 Å². The van der Waals surface area contributed by atoms with Gasteiger partial charge in [-0.2, -0.15) is 0 Å². The van der Waals surface area contributed by atoms with Crippen LogP contribution in [-0.2, 0) is 0 Å². The maximum absolute atomic E-state index is 2.50. The minimum absolute atomic E-state index is 1.22. The van der Waals surface area contributed by atoms with E-state index in [0.29, 0.717) is 0 Å². The number of hydrogen-bond donors (Lipinski definition) is 0. The van der Waals surface area contributed by atoms with Crippen molar-refractivity contribution in [1.29, 1.82) is 0 Å². The standard InChI is InChI=1S/C60H34S2/c1-4-14-42-39(11-1)40-12-2-5-15-43(40)52-34-54-46-26-22-36(38-24-28-60-56(32-38)48-18-8-10-20-58(48)62-60)30-50(46)49-29-35(37-23-27-59-55(31-37)47-17-7-9-19-57(47)61-59)21-25-45(49)41-13-3-6-16-44(41)53(54)33-51(42)52/h1-34H. The van der Waals surface area contributed by atoms with Gasteiger partial charge in [0, 0.05) is 40.3 Å². The Kier molecular flexibility index (Phi) is 7.24. The van der Waals surface area contributed by atoms with Crippen LogP contribution in [0.15, 0.2) is 206 Å². The molecule has 0 fully saturated rings. The summed E-state index contributed by atoms with van der Waals surface area (Å²) in [5.74, 6) is 0. The van der Waals surface area contributed by atoms with Gasteiger partial charge in [-0.1, -0.05) is 146 Å². The van der Waals surface area contributed by atoms with E-state index in [9.17, 15) is 0 Å². The summed E-state index contributed by atoms with van der Waals surface area (Å²) in [5, 5.41) is 13.0. The fraction of sp³-hybridized carbons (Fsp3) is 0. The van der Waals surface area contributed by atoms with Crippen LogP contribution < -0.4 is 0 Å². The van der Waals surface area contributed by atoms with Crippen molar-refractivity contribution < 1.29 is 0 Å². The van der Waals surface area contributed by atoms with Gasteiger partial charge in [0.25, 0.3) is 0 Å². The van der Waals surface area contributed by atoms with Crippen molar-refractivity contribution in [3.8, 4) is 66.8 Å². The van der Waals surface area contributed by atoms with Crippen LogP contribution in [0.2, 0.25) is 0 Å².